The van der Waals surface area contributed by atoms with Gasteiger partial charge in [-0.3, -0.25) is 14.3 Å². The van der Waals surface area contributed by atoms with Crippen LogP contribution in [0.1, 0.15) is 8.97 Å². The van der Waals surface area contributed by atoms with Crippen molar-refractivity contribution in [2.24, 2.45) is 0 Å². The number of hydrogen-bond donors (Lipinski definition) is 8. The number of ether oxygens (including phenoxy) is 1. The first-order chi connectivity index (χ1) is 16.2. The molecule has 34 heavy (non-hydrogen) atoms. The zero-order valence-corrected chi connectivity index (χ0v) is 18.9. The molecule has 1 aliphatic rings. The zero-order valence-electron chi connectivity index (χ0n) is 18.2. The minimum absolute atomic E-state index is 0.0821. The zero-order chi connectivity index (χ0) is 27.5. The van der Waals surface area contributed by atoms with Crippen molar-refractivity contribution in [1.29, 1.82) is 0 Å². The standard InChI is InChI=1S/C13H17N4O14P3/c1-2-13(20)8(18)7(5-28-33(24,25)31-34(26,27)30-32(21,22)23)29-11(13)17-4-3-6-9(17)15-12(14)16-10(6)19/h1,3-4,7-8,11,18,20H,5H2,(H,24,25)(H,26,27)(H2,21,22,23)(H3,14,15,16,19)/t7-,8+,11-,13?/m1/s1/i5D2. The molecule has 3 unspecified atom stereocenters. The van der Waals surface area contributed by atoms with E-state index in [1.165, 1.54) is 6.07 Å². The Hall–Kier alpha value is -1.93. The van der Waals surface area contributed by atoms with Crippen molar-refractivity contribution >= 4 is 40.4 Å². The van der Waals surface area contributed by atoms with Crippen molar-refractivity contribution < 1.29 is 64.1 Å². The molecule has 0 spiro atoms. The van der Waals surface area contributed by atoms with Crippen LogP contribution >= 0.6 is 23.5 Å². The van der Waals surface area contributed by atoms with Gasteiger partial charge in [-0.1, -0.05) is 5.92 Å². The first-order valence-electron chi connectivity index (χ1n) is 9.46. The minimum atomic E-state index is -6.04. The SMILES string of the molecule is [2H]C([2H])(OP(=O)(O)OP(=O)(O)OP(=O)(O)O)[C@H]1O[C@@H](n2ccc3c(=O)[nH]c(N)nc32)C(O)(C#C)[C@H]1O. The summed E-state index contributed by atoms with van der Waals surface area (Å²) in [6, 6.07) is 1.20. The maximum Gasteiger partial charge on any atom is 0.490 e. The fraction of sp³-hybridized carbons (Fsp3) is 0.385. The summed E-state index contributed by atoms with van der Waals surface area (Å²) < 4.78 is 67.4. The number of anilines is 1. The van der Waals surface area contributed by atoms with Crippen LogP contribution in [-0.4, -0.2) is 68.7 Å². The van der Waals surface area contributed by atoms with E-state index in [0.29, 0.717) is 0 Å². The molecule has 18 nitrogen and oxygen atoms in total. The number of nitrogens with two attached hydrogens (primary N) is 1. The Kier molecular flexibility index (Phi) is 6.25. The number of phosphoric acid groups is 3. The molecule has 2 aromatic heterocycles. The van der Waals surface area contributed by atoms with E-state index in [2.05, 4.69) is 23.1 Å². The van der Waals surface area contributed by atoms with Crippen molar-refractivity contribution in [3.8, 4) is 12.3 Å². The molecule has 21 heteroatoms. The summed E-state index contributed by atoms with van der Waals surface area (Å²) in [6.07, 6.45) is -0.327. The molecular weight excluding hydrogens is 529 g/mol. The van der Waals surface area contributed by atoms with Crippen LogP contribution in [0.3, 0.4) is 0 Å². The fourth-order valence-electron chi connectivity index (χ4n) is 2.88. The van der Waals surface area contributed by atoms with Gasteiger partial charge in [0.05, 0.1) is 14.7 Å². The van der Waals surface area contributed by atoms with E-state index in [9.17, 15) is 38.5 Å². The van der Waals surface area contributed by atoms with Gasteiger partial charge in [0.25, 0.3) is 5.56 Å². The molecule has 188 valence electrons. The number of nitrogen functional groups attached to an aromatic ring is 1. The van der Waals surface area contributed by atoms with Crippen LogP contribution in [-0.2, 0) is 31.6 Å². The Bertz CT molecular complexity index is 1430. The van der Waals surface area contributed by atoms with Gasteiger partial charge in [0.2, 0.25) is 5.95 Å². The summed E-state index contributed by atoms with van der Waals surface area (Å²) in [7, 11) is -17.8. The average Bonchev–Trinajstić information content (AvgIpc) is 3.17. The van der Waals surface area contributed by atoms with Crippen LogP contribution in [0.2, 0.25) is 0 Å². The minimum Gasteiger partial charge on any atom is -0.386 e. The molecule has 3 heterocycles. The molecule has 0 aliphatic carbocycles. The molecule has 2 aromatic rings. The molecule has 1 aliphatic heterocycles. The van der Waals surface area contributed by atoms with Crippen LogP contribution in [0, 0.1) is 12.3 Å². The molecule has 0 amide bonds. The number of H-pyrrole nitrogens is 1. The highest BCUT2D eigenvalue weighted by atomic mass is 31.3. The third-order valence-corrected chi connectivity index (χ3v) is 7.84. The highest BCUT2D eigenvalue weighted by Gasteiger charge is 2.56. The summed E-state index contributed by atoms with van der Waals surface area (Å²) >= 11 is 0. The summed E-state index contributed by atoms with van der Waals surface area (Å²) in [5.74, 6) is 1.42. The lowest BCUT2D eigenvalue weighted by molar-refractivity contribution is -0.0715. The second kappa shape index (κ2) is 8.94. The average molecular weight is 548 g/mol. The molecule has 9 N–H and O–H groups in total. The van der Waals surface area contributed by atoms with E-state index < -0.39 is 59.6 Å². The summed E-state index contributed by atoms with van der Waals surface area (Å²) in [4.78, 5) is 54.1. The number of aromatic amines is 1. The third-order valence-electron chi connectivity index (χ3n) is 4.17. The lowest BCUT2D eigenvalue weighted by Gasteiger charge is -2.26. The molecule has 1 fully saturated rings. The Morgan fingerprint density at radius 2 is 1.97 bits per heavy atom. The fourth-order valence-corrected chi connectivity index (χ4v) is 5.76. The molecule has 0 saturated carbocycles. The van der Waals surface area contributed by atoms with Crippen LogP contribution in [0.4, 0.5) is 5.95 Å². The Labute approximate surface area is 191 Å². The van der Waals surface area contributed by atoms with E-state index >= 15 is 0 Å². The second-order valence-electron chi connectivity index (χ2n) is 6.54. The maximum absolute atomic E-state index is 12.1. The van der Waals surface area contributed by atoms with Crippen LogP contribution in [0.25, 0.3) is 11.0 Å². The van der Waals surface area contributed by atoms with Crippen molar-refractivity contribution in [3.63, 3.8) is 0 Å². The summed E-state index contributed by atoms with van der Waals surface area (Å²) in [5.41, 5.74) is 1.78. The van der Waals surface area contributed by atoms with Crippen molar-refractivity contribution in [3.05, 3.63) is 22.6 Å². The number of nitrogens with one attached hydrogen (secondary N) is 1. The number of nitrogens with zero attached hydrogens (tertiary/aromatic N) is 2. The number of phosphoric ester groups is 1. The third kappa shape index (κ3) is 5.48. The number of aliphatic hydroxyl groups is 2. The molecular formula is C13H17N4O14P3. The molecule has 0 aromatic carbocycles. The van der Waals surface area contributed by atoms with Gasteiger partial charge in [-0.25, -0.2) is 13.7 Å². The van der Waals surface area contributed by atoms with Gasteiger partial charge in [-0.05, 0) is 6.07 Å². The molecule has 6 atom stereocenters. The van der Waals surface area contributed by atoms with E-state index in [-0.39, 0.29) is 17.0 Å². The van der Waals surface area contributed by atoms with Gasteiger partial charge in [0.15, 0.2) is 17.5 Å². The number of aromatic nitrogens is 3. The van der Waals surface area contributed by atoms with E-state index in [1.54, 1.807) is 5.92 Å². The van der Waals surface area contributed by atoms with E-state index in [1.807, 2.05) is 0 Å². The number of rotatable bonds is 8. The predicted octanol–water partition coefficient (Wildman–Crippen LogP) is -1.73. The van der Waals surface area contributed by atoms with Gasteiger partial charge in [0.1, 0.15) is 12.2 Å². The Balaban J connectivity index is 1.95. The van der Waals surface area contributed by atoms with E-state index in [4.69, 9.17) is 29.4 Å². The highest BCUT2D eigenvalue weighted by Crippen LogP contribution is 2.66. The topological polar surface area (TPSA) is 286 Å². The van der Waals surface area contributed by atoms with Crippen molar-refractivity contribution in [1.82, 2.24) is 14.5 Å². The lowest BCUT2D eigenvalue weighted by Crippen LogP contribution is -2.45. The smallest absolute Gasteiger partial charge is 0.386 e. The molecule has 0 bridgehead atoms. The summed E-state index contributed by atoms with van der Waals surface area (Å²) in [5, 5.41) is 21.4. The van der Waals surface area contributed by atoms with Gasteiger partial charge in [-0.15, -0.1) is 6.42 Å². The van der Waals surface area contributed by atoms with Gasteiger partial charge in [0, 0.05) is 6.20 Å². The number of aliphatic hydroxyl groups excluding tert-OH is 1. The van der Waals surface area contributed by atoms with Crippen molar-refractivity contribution in [2.45, 2.75) is 24.0 Å². The van der Waals surface area contributed by atoms with Gasteiger partial charge < -0.3 is 44.8 Å². The monoisotopic (exact) mass is 548 g/mol. The summed E-state index contributed by atoms with van der Waals surface area (Å²) in [6.45, 7) is -3.65. The Morgan fingerprint density at radius 3 is 2.56 bits per heavy atom. The number of terminal acetylenes is 1. The van der Waals surface area contributed by atoms with E-state index in [0.717, 1.165) is 10.8 Å². The highest BCUT2D eigenvalue weighted by molar-refractivity contribution is 7.66. The molecule has 3 rings (SSSR count). The molecule has 0 radical (unpaired) electrons. The van der Waals surface area contributed by atoms with Gasteiger partial charge in [-0.2, -0.15) is 13.6 Å². The largest absolute Gasteiger partial charge is 0.490 e. The molecule has 1 saturated heterocycles. The van der Waals surface area contributed by atoms with Gasteiger partial charge >= 0.3 is 23.5 Å². The van der Waals surface area contributed by atoms with Crippen molar-refractivity contribution in [2.75, 3.05) is 12.3 Å². The van der Waals surface area contributed by atoms with Crippen LogP contribution in [0.15, 0.2) is 17.1 Å². The first-order valence-corrected chi connectivity index (χ1v) is 13.0. The van der Waals surface area contributed by atoms with Crippen LogP contribution < -0.4 is 11.3 Å². The second-order valence-corrected chi connectivity index (χ2v) is 10.9. The number of fused-ring (bicyclic) bond motifs is 1. The van der Waals surface area contributed by atoms with Crippen LogP contribution in [0.5, 0.6) is 0 Å². The lowest BCUT2D eigenvalue weighted by atomic mass is 9.95. The predicted molar refractivity (Wildman–Crippen MR) is 108 cm³/mol. The Morgan fingerprint density at radius 1 is 1.32 bits per heavy atom. The number of hydrogen-bond acceptors (Lipinski definition) is 12. The first kappa shape index (κ1) is 23.8. The quantitative estimate of drug-likeness (QED) is 0.134. The maximum atomic E-state index is 12.1. The normalized spacial score (nSPS) is 30.2.